The summed E-state index contributed by atoms with van der Waals surface area (Å²) in [5.74, 6) is 1.32. The van der Waals surface area contributed by atoms with Gasteiger partial charge in [-0.2, -0.15) is 0 Å². The molecule has 0 spiro atoms. The van der Waals surface area contributed by atoms with Gasteiger partial charge in [-0.15, -0.1) is 0 Å². The van der Waals surface area contributed by atoms with E-state index in [0.717, 1.165) is 24.6 Å². The van der Waals surface area contributed by atoms with E-state index in [1.54, 1.807) is 18.5 Å². The van der Waals surface area contributed by atoms with Gasteiger partial charge in [0.2, 0.25) is 0 Å². The predicted octanol–water partition coefficient (Wildman–Crippen LogP) is 3.07. The predicted molar refractivity (Wildman–Crippen MR) is 81.8 cm³/mol. The summed E-state index contributed by atoms with van der Waals surface area (Å²) in [6.45, 7) is 7.28. The number of anilines is 1. The van der Waals surface area contributed by atoms with Crippen molar-refractivity contribution < 1.29 is 4.79 Å². The lowest BCUT2D eigenvalue weighted by atomic mass is 9.93. The molecule has 20 heavy (non-hydrogen) atoms. The fourth-order valence-electron chi connectivity index (χ4n) is 3.20. The Kier molecular flexibility index (Phi) is 4.99. The van der Waals surface area contributed by atoms with Crippen LogP contribution in [0.2, 0.25) is 0 Å². The molecule has 1 fully saturated rings. The minimum atomic E-state index is 0.0111. The maximum absolute atomic E-state index is 12.5. The fourth-order valence-corrected chi connectivity index (χ4v) is 3.20. The minimum Gasteiger partial charge on any atom is -0.383 e. The van der Waals surface area contributed by atoms with Crippen LogP contribution in [0.5, 0.6) is 0 Å². The molecule has 0 bridgehead atoms. The van der Waals surface area contributed by atoms with Gasteiger partial charge in [0.1, 0.15) is 0 Å². The van der Waals surface area contributed by atoms with E-state index in [9.17, 15) is 4.79 Å². The van der Waals surface area contributed by atoms with Crippen LogP contribution in [0.1, 0.15) is 50.4 Å². The van der Waals surface area contributed by atoms with Gasteiger partial charge >= 0.3 is 0 Å². The van der Waals surface area contributed by atoms with Gasteiger partial charge in [0.25, 0.3) is 5.91 Å². The zero-order valence-corrected chi connectivity index (χ0v) is 12.6. The molecule has 0 aromatic carbocycles. The Bertz CT molecular complexity index is 461. The number of carbonyl (C=O) groups excluding carboxylic acids is 1. The monoisotopic (exact) mass is 275 g/mol. The van der Waals surface area contributed by atoms with Crippen molar-refractivity contribution >= 4 is 11.6 Å². The smallest absolute Gasteiger partial charge is 0.253 e. The van der Waals surface area contributed by atoms with Gasteiger partial charge in [-0.1, -0.05) is 20.3 Å². The third-order valence-corrected chi connectivity index (χ3v) is 4.50. The van der Waals surface area contributed by atoms with Crippen LogP contribution in [-0.2, 0) is 0 Å². The van der Waals surface area contributed by atoms with E-state index >= 15 is 0 Å². The minimum absolute atomic E-state index is 0.0111. The van der Waals surface area contributed by atoms with Gasteiger partial charge in [-0.05, 0) is 37.7 Å². The van der Waals surface area contributed by atoms with Crippen molar-refractivity contribution in [2.24, 2.45) is 11.8 Å². The molecule has 1 aliphatic carbocycles. The third kappa shape index (κ3) is 3.11. The maximum atomic E-state index is 12.5. The molecule has 4 heteroatoms. The zero-order valence-electron chi connectivity index (χ0n) is 12.6. The first-order valence-corrected chi connectivity index (χ1v) is 7.66. The Balaban J connectivity index is 2.05. The molecular weight excluding hydrogens is 250 g/mol. The molecule has 2 N–H and O–H groups in total. The van der Waals surface area contributed by atoms with E-state index in [4.69, 9.17) is 0 Å². The number of nitrogens with zero attached hydrogens (tertiary/aromatic N) is 1. The van der Waals surface area contributed by atoms with Crippen LogP contribution in [0, 0.1) is 11.8 Å². The fraction of sp³-hybridized carbons (Fsp3) is 0.625. The molecule has 110 valence electrons. The van der Waals surface area contributed by atoms with Gasteiger partial charge in [-0.25, -0.2) is 0 Å². The molecule has 4 nitrogen and oxygen atoms in total. The summed E-state index contributed by atoms with van der Waals surface area (Å²) in [5, 5.41) is 6.39. The standard InChI is InChI=1S/C16H25N3O/c1-4-12-6-7-14(11(12)3)19-16(20)13-8-9-17-10-15(13)18-5-2/h8-12,14,18H,4-7H2,1-3H3,(H,19,20). The van der Waals surface area contributed by atoms with Crippen LogP contribution in [0.3, 0.4) is 0 Å². The van der Waals surface area contributed by atoms with Crippen LogP contribution in [0.4, 0.5) is 5.69 Å². The average Bonchev–Trinajstić information content (AvgIpc) is 2.80. The van der Waals surface area contributed by atoms with Gasteiger partial charge in [0, 0.05) is 18.8 Å². The van der Waals surface area contributed by atoms with Crippen molar-refractivity contribution in [3.05, 3.63) is 24.0 Å². The molecule has 1 heterocycles. The molecule has 1 aromatic rings. The largest absolute Gasteiger partial charge is 0.383 e. The average molecular weight is 275 g/mol. The van der Waals surface area contributed by atoms with Crippen molar-refractivity contribution in [1.29, 1.82) is 0 Å². The summed E-state index contributed by atoms with van der Waals surface area (Å²) < 4.78 is 0. The molecule has 1 aliphatic rings. The van der Waals surface area contributed by atoms with E-state index in [1.165, 1.54) is 12.8 Å². The second-order valence-electron chi connectivity index (χ2n) is 5.64. The van der Waals surface area contributed by atoms with Crippen molar-refractivity contribution in [1.82, 2.24) is 10.3 Å². The molecule has 1 saturated carbocycles. The molecule has 1 amide bonds. The van der Waals surface area contributed by atoms with Gasteiger partial charge < -0.3 is 10.6 Å². The van der Waals surface area contributed by atoms with E-state index in [2.05, 4.69) is 29.5 Å². The Labute approximate surface area is 121 Å². The normalized spacial score (nSPS) is 25.4. The highest BCUT2D eigenvalue weighted by molar-refractivity contribution is 5.99. The molecular formula is C16H25N3O. The Morgan fingerprint density at radius 1 is 1.40 bits per heavy atom. The lowest BCUT2D eigenvalue weighted by molar-refractivity contribution is 0.0927. The molecule has 0 saturated heterocycles. The number of rotatable bonds is 5. The number of carbonyl (C=O) groups is 1. The molecule has 3 atom stereocenters. The Morgan fingerprint density at radius 2 is 2.20 bits per heavy atom. The number of nitrogens with one attached hydrogen (secondary N) is 2. The van der Waals surface area contributed by atoms with Crippen molar-refractivity contribution in [2.75, 3.05) is 11.9 Å². The number of hydrogen-bond donors (Lipinski definition) is 2. The lowest BCUT2D eigenvalue weighted by Crippen LogP contribution is -2.37. The number of pyridine rings is 1. The van der Waals surface area contributed by atoms with Crippen LogP contribution < -0.4 is 10.6 Å². The molecule has 0 radical (unpaired) electrons. The van der Waals surface area contributed by atoms with E-state index in [0.29, 0.717) is 17.5 Å². The summed E-state index contributed by atoms with van der Waals surface area (Å²) in [7, 11) is 0. The highest BCUT2D eigenvalue weighted by atomic mass is 16.1. The maximum Gasteiger partial charge on any atom is 0.253 e. The van der Waals surface area contributed by atoms with E-state index in [-0.39, 0.29) is 5.91 Å². The quantitative estimate of drug-likeness (QED) is 0.868. The SMILES string of the molecule is CCNc1cnccc1C(=O)NC1CCC(CC)C1C. The lowest BCUT2D eigenvalue weighted by Gasteiger charge is -2.21. The van der Waals surface area contributed by atoms with Gasteiger partial charge in [-0.3, -0.25) is 9.78 Å². The summed E-state index contributed by atoms with van der Waals surface area (Å²) in [5.41, 5.74) is 1.50. The molecule has 2 rings (SSSR count). The molecule has 0 aliphatic heterocycles. The Hall–Kier alpha value is -1.58. The first-order chi connectivity index (χ1) is 9.67. The summed E-state index contributed by atoms with van der Waals surface area (Å²) in [6, 6.07) is 2.08. The van der Waals surface area contributed by atoms with Crippen molar-refractivity contribution in [2.45, 2.75) is 46.1 Å². The van der Waals surface area contributed by atoms with Gasteiger partial charge in [0.15, 0.2) is 0 Å². The molecule has 3 unspecified atom stereocenters. The van der Waals surface area contributed by atoms with Crippen LogP contribution in [-0.4, -0.2) is 23.5 Å². The van der Waals surface area contributed by atoms with E-state index < -0.39 is 0 Å². The number of amides is 1. The third-order valence-electron chi connectivity index (χ3n) is 4.50. The number of aromatic nitrogens is 1. The van der Waals surface area contributed by atoms with Crippen LogP contribution in [0.15, 0.2) is 18.5 Å². The summed E-state index contributed by atoms with van der Waals surface area (Å²) in [6.07, 6.45) is 6.89. The second-order valence-corrected chi connectivity index (χ2v) is 5.64. The molecule has 1 aromatic heterocycles. The van der Waals surface area contributed by atoms with Crippen molar-refractivity contribution in [3.63, 3.8) is 0 Å². The highest BCUT2D eigenvalue weighted by Crippen LogP contribution is 2.34. The van der Waals surface area contributed by atoms with Crippen LogP contribution in [0.25, 0.3) is 0 Å². The Morgan fingerprint density at radius 3 is 2.85 bits per heavy atom. The second kappa shape index (κ2) is 6.73. The van der Waals surface area contributed by atoms with Crippen LogP contribution >= 0.6 is 0 Å². The number of hydrogen-bond acceptors (Lipinski definition) is 3. The summed E-state index contributed by atoms with van der Waals surface area (Å²) in [4.78, 5) is 16.5. The first kappa shape index (κ1) is 14.8. The zero-order chi connectivity index (χ0) is 14.5. The highest BCUT2D eigenvalue weighted by Gasteiger charge is 2.32. The van der Waals surface area contributed by atoms with Crippen molar-refractivity contribution in [3.8, 4) is 0 Å². The summed E-state index contributed by atoms with van der Waals surface area (Å²) >= 11 is 0. The van der Waals surface area contributed by atoms with E-state index in [1.807, 2.05) is 6.92 Å². The topological polar surface area (TPSA) is 54.0 Å². The van der Waals surface area contributed by atoms with Gasteiger partial charge in [0.05, 0.1) is 17.4 Å². The first-order valence-electron chi connectivity index (χ1n) is 7.66.